The van der Waals surface area contributed by atoms with Crippen molar-refractivity contribution in [2.45, 2.75) is 0 Å². The maximum absolute atomic E-state index is 13.1. The van der Waals surface area contributed by atoms with E-state index in [0.29, 0.717) is 32.3 Å². The number of furan rings is 1. The highest BCUT2D eigenvalue weighted by atomic mass is 35.5. The minimum atomic E-state index is -1.27. The van der Waals surface area contributed by atoms with Crippen molar-refractivity contribution in [2.75, 3.05) is 0 Å². The summed E-state index contributed by atoms with van der Waals surface area (Å²) in [5, 5.41) is 20.2. The lowest BCUT2D eigenvalue weighted by molar-refractivity contribution is 0.0374. The lowest BCUT2D eigenvalue weighted by Gasteiger charge is -2.11. The topological polar surface area (TPSA) is 156 Å². The summed E-state index contributed by atoms with van der Waals surface area (Å²) in [7, 11) is 0. The molecular formula is C26H15Cl2N3O6. The molecule has 37 heavy (non-hydrogen) atoms. The van der Waals surface area contributed by atoms with Gasteiger partial charge in [-0.05, 0) is 47.5 Å². The van der Waals surface area contributed by atoms with Gasteiger partial charge in [0.25, 0.3) is 5.91 Å². The minimum Gasteiger partial charge on any atom is -0.507 e. The number of nitrogens with zero attached hydrogens (tertiary/aromatic N) is 1. The third-order valence-corrected chi connectivity index (χ3v) is 5.83. The number of aromatic hydroxyl groups is 1. The molecule has 0 atom stereocenters. The number of nitrogen functional groups attached to an aromatic ring is 1. The zero-order valence-electron chi connectivity index (χ0n) is 18.6. The first-order valence-corrected chi connectivity index (χ1v) is 11.2. The molecule has 184 valence electrons. The normalized spacial score (nSPS) is 10.4. The van der Waals surface area contributed by atoms with Crippen molar-refractivity contribution in [3.8, 4) is 34.1 Å². The summed E-state index contributed by atoms with van der Waals surface area (Å²) in [6.45, 7) is 0. The van der Waals surface area contributed by atoms with Crippen LogP contribution < -0.4 is 11.3 Å². The predicted octanol–water partition coefficient (Wildman–Crippen LogP) is 5.10. The number of ether oxygens (including phenoxy) is 1. The Morgan fingerprint density at radius 3 is 2.08 bits per heavy atom. The molecule has 4 aromatic rings. The van der Waals surface area contributed by atoms with Gasteiger partial charge in [0.1, 0.15) is 23.6 Å². The molecule has 0 aliphatic rings. The standard InChI is InChI=1S/C26H15Cl2N3O6/c27-15-5-1-13(2-6-15)19-12-36-23(21(19)14-3-7-16(28)8-4-14)26(35)37-25(34)17-9-10-20(32)18(11-29)22(17)24(33)31-30/h1-10,12,32H,30H2,(H,31,33). The third kappa shape index (κ3) is 5.03. The molecule has 1 aromatic heterocycles. The van der Waals surface area contributed by atoms with Gasteiger partial charge in [-0.25, -0.2) is 15.4 Å². The summed E-state index contributed by atoms with van der Waals surface area (Å²) in [6.07, 6.45) is 1.33. The molecular weight excluding hydrogens is 521 g/mol. The zero-order chi connectivity index (χ0) is 26.7. The number of amides is 1. The first-order valence-electron chi connectivity index (χ1n) is 10.4. The molecule has 0 unspecified atom stereocenters. The molecule has 0 fully saturated rings. The van der Waals surface area contributed by atoms with E-state index in [1.165, 1.54) is 6.26 Å². The van der Waals surface area contributed by atoms with E-state index in [0.717, 1.165) is 12.1 Å². The summed E-state index contributed by atoms with van der Waals surface area (Å²) in [5.41, 5.74) is 2.29. The summed E-state index contributed by atoms with van der Waals surface area (Å²) in [5.74, 6) is 0.813. The van der Waals surface area contributed by atoms with Crippen molar-refractivity contribution in [3.05, 3.63) is 99.4 Å². The number of carbonyl (C=O) groups excluding carboxylic acids is 3. The second-order valence-electron chi connectivity index (χ2n) is 7.51. The molecule has 4 rings (SSSR count). The van der Waals surface area contributed by atoms with Crippen LogP contribution in [0.15, 0.2) is 71.3 Å². The van der Waals surface area contributed by atoms with E-state index in [1.807, 2.05) is 0 Å². The van der Waals surface area contributed by atoms with Crippen molar-refractivity contribution in [2.24, 2.45) is 5.84 Å². The minimum absolute atomic E-state index is 0.301. The van der Waals surface area contributed by atoms with Gasteiger partial charge in [0.2, 0.25) is 5.76 Å². The second-order valence-corrected chi connectivity index (χ2v) is 8.38. The first kappa shape index (κ1) is 25.5. The molecule has 3 aromatic carbocycles. The van der Waals surface area contributed by atoms with Crippen LogP contribution >= 0.6 is 23.2 Å². The predicted molar refractivity (Wildman–Crippen MR) is 134 cm³/mol. The molecule has 1 heterocycles. The Kier molecular flexibility index (Phi) is 7.27. The van der Waals surface area contributed by atoms with Gasteiger partial charge in [-0.15, -0.1) is 0 Å². The number of hydrogen-bond donors (Lipinski definition) is 3. The van der Waals surface area contributed by atoms with Crippen LogP contribution in [0.3, 0.4) is 0 Å². The van der Waals surface area contributed by atoms with Gasteiger partial charge >= 0.3 is 11.9 Å². The molecule has 0 radical (unpaired) electrons. The van der Waals surface area contributed by atoms with Gasteiger partial charge in [0, 0.05) is 21.2 Å². The average molecular weight is 536 g/mol. The highest BCUT2D eigenvalue weighted by Gasteiger charge is 2.29. The number of phenolic OH excluding ortho intramolecular Hbond substituents is 1. The number of nitriles is 1. The SMILES string of the molecule is N#Cc1c(O)ccc(C(=O)OC(=O)c2occ(-c3ccc(Cl)cc3)c2-c2ccc(Cl)cc2)c1C(=O)NN. The van der Waals surface area contributed by atoms with Crippen molar-refractivity contribution in [1.29, 1.82) is 5.26 Å². The summed E-state index contributed by atoms with van der Waals surface area (Å²) >= 11 is 12.0. The van der Waals surface area contributed by atoms with Crippen LogP contribution in [0.1, 0.15) is 36.8 Å². The Labute approximate surface area is 219 Å². The highest BCUT2D eigenvalue weighted by molar-refractivity contribution is 6.31. The largest absolute Gasteiger partial charge is 0.507 e. The molecule has 1 amide bonds. The molecule has 0 aliphatic carbocycles. The zero-order valence-corrected chi connectivity index (χ0v) is 20.1. The molecule has 11 heteroatoms. The van der Waals surface area contributed by atoms with Crippen molar-refractivity contribution < 1.29 is 28.6 Å². The van der Waals surface area contributed by atoms with E-state index in [9.17, 15) is 24.8 Å². The van der Waals surface area contributed by atoms with E-state index in [2.05, 4.69) is 0 Å². The van der Waals surface area contributed by atoms with Crippen molar-refractivity contribution in [3.63, 3.8) is 0 Å². The summed E-state index contributed by atoms with van der Waals surface area (Å²) < 4.78 is 10.6. The van der Waals surface area contributed by atoms with Crippen LogP contribution in [0, 0.1) is 11.3 Å². The molecule has 0 saturated heterocycles. The summed E-state index contributed by atoms with van der Waals surface area (Å²) in [4.78, 5) is 38.3. The Balaban J connectivity index is 1.77. The summed E-state index contributed by atoms with van der Waals surface area (Å²) in [6, 6.07) is 17.0. The number of hydrogen-bond acceptors (Lipinski definition) is 8. The fourth-order valence-corrected chi connectivity index (χ4v) is 3.87. The smallest absolute Gasteiger partial charge is 0.382 e. The van der Waals surface area contributed by atoms with Gasteiger partial charge in [0.05, 0.1) is 11.1 Å². The second kappa shape index (κ2) is 10.6. The van der Waals surface area contributed by atoms with Gasteiger partial charge in [0.15, 0.2) is 0 Å². The number of esters is 2. The van der Waals surface area contributed by atoms with Crippen LogP contribution in [-0.4, -0.2) is 23.0 Å². The van der Waals surface area contributed by atoms with Gasteiger partial charge in [-0.3, -0.25) is 10.2 Å². The molecule has 9 nitrogen and oxygen atoms in total. The van der Waals surface area contributed by atoms with E-state index < -0.39 is 40.3 Å². The van der Waals surface area contributed by atoms with Crippen LogP contribution in [0.2, 0.25) is 10.0 Å². The number of nitrogens with one attached hydrogen (secondary N) is 1. The Morgan fingerprint density at radius 1 is 0.919 bits per heavy atom. The van der Waals surface area contributed by atoms with Gasteiger partial charge in [-0.1, -0.05) is 47.5 Å². The van der Waals surface area contributed by atoms with Crippen LogP contribution in [0.25, 0.3) is 22.3 Å². The fourth-order valence-electron chi connectivity index (χ4n) is 3.62. The Hall–Kier alpha value is -4.62. The number of carbonyl (C=O) groups is 3. The van der Waals surface area contributed by atoms with E-state index >= 15 is 0 Å². The van der Waals surface area contributed by atoms with E-state index in [-0.39, 0.29) is 5.76 Å². The number of hydrazine groups is 1. The maximum Gasteiger partial charge on any atom is 0.382 e. The molecule has 0 aliphatic heterocycles. The lowest BCUT2D eigenvalue weighted by atomic mass is 9.97. The van der Waals surface area contributed by atoms with E-state index in [1.54, 1.807) is 60.0 Å². The number of halogens is 2. The van der Waals surface area contributed by atoms with E-state index in [4.69, 9.17) is 38.2 Å². The fraction of sp³-hybridized carbons (Fsp3) is 0. The molecule has 0 spiro atoms. The quantitative estimate of drug-likeness (QED) is 0.105. The molecule has 0 bridgehead atoms. The maximum atomic E-state index is 13.1. The van der Waals surface area contributed by atoms with Crippen LogP contribution in [0.5, 0.6) is 5.75 Å². The molecule has 4 N–H and O–H groups in total. The third-order valence-electron chi connectivity index (χ3n) is 5.32. The average Bonchev–Trinajstić information content (AvgIpc) is 3.34. The Morgan fingerprint density at radius 2 is 1.51 bits per heavy atom. The Bertz CT molecular complexity index is 1570. The van der Waals surface area contributed by atoms with Crippen molar-refractivity contribution in [1.82, 2.24) is 5.43 Å². The lowest BCUT2D eigenvalue weighted by Crippen LogP contribution is -2.32. The highest BCUT2D eigenvalue weighted by Crippen LogP contribution is 2.38. The van der Waals surface area contributed by atoms with Crippen LogP contribution in [0.4, 0.5) is 0 Å². The number of nitrogens with two attached hydrogens (primary N) is 1. The molecule has 0 saturated carbocycles. The monoisotopic (exact) mass is 535 g/mol. The van der Waals surface area contributed by atoms with Crippen molar-refractivity contribution >= 4 is 41.0 Å². The van der Waals surface area contributed by atoms with Gasteiger partial charge < -0.3 is 14.3 Å². The van der Waals surface area contributed by atoms with Crippen LogP contribution in [-0.2, 0) is 4.74 Å². The number of rotatable bonds is 5. The first-order chi connectivity index (χ1) is 17.7. The van der Waals surface area contributed by atoms with Gasteiger partial charge in [-0.2, -0.15) is 5.26 Å². The number of benzene rings is 3. The number of phenols is 1.